The number of rotatable bonds is 10. The summed E-state index contributed by atoms with van der Waals surface area (Å²) in [5.74, 6) is 1.03. The number of halogens is 1. The van der Waals surface area contributed by atoms with Gasteiger partial charge in [0.1, 0.15) is 11.6 Å². The minimum atomic E-state index is -0.303. The monoisotopic (exact) mass is 890 g/mol. The largest absolute Gasteiger partial charge is 0.393 e. The van der Waals surface area contributed by atoms with E-state index in [9.17, 15) is 18.8 Å². The Bertz CT molecular complexity index is 2100. The van der Waals surface area contributed by atoms with Crippen molar-refractivity contribution in [2.75, 3.05) is 67.1 Å². The van der Waals surface area contributed by atoms with E-state index in [1.165, 1.54) is 38.5 Å². The Kier molecular flexibility index (Phi) is 19.0. The Morgan fingerprint density at radius 1 is 0.984 bits per heavy atom. The number of piperazine rings is 1. The number of carbonyl (C=O) groups excluding carboxylic acids is 3. The van der Waals surface area contributed by atoms with Crippen LogP contribution in [0.2, 0.25) is 0 Å². The molecule has 0 atom stereocenters. The van der Waals surface area contributed by atoms with Gasteiger partial charge in [0.25, 0.3) is 0 Å². The lowest BCUT2D eigenvalue weighted by Crippen LogP contribution is -2.46. The quantitative estimate of drug-likeness (QED) is 0.0624. The maximum Gasteiger partial charge on any atom is 0.236 e. The number of anilines is 4. The Labute approximate surface area is 376 Å². The Balaban J connectivity index is 0.000000251. The summed E-state index contributed by atoms with van der Waals surface area (Å²) in [6, 6.07) is 11.7. The summed E-state index contributed by atoms with van der Waals surface area (Å²) in [6.07, 6.45) is 13.9. The van der Waals surface area contributed by atoms with Crippen LogP contribution in [0.4, 0.5) is 27.7 Å². The van der Waals surface area contributed by atoms with E-state index < -0.39 is 0 Å². The fourth-order valence-electron chi connectivity index (χ4n) is 8.11. The normalized spacial score (nSPS) is 17.9. The summed E-state index contributed by atoms with van der Waals surface area (Å²) in [6.45, 7) is 14.5. The molecule has 4 fully saturated rings. The lowest BCUT2D eigenvalue weighted by Gasteiger charge is -2.36. The number of aromatic nitrogens is 4. The van der Waals surface area contributed by atoms with E-state index in [1.807, 2.05) is 52.9 Å². The molecule has 2 saturated heterocycles. The first-order valence-corrected chi connectivity index (χ1v) is 23.6. The Morgan fingerprint density at radius 3 is 2.33 bits per heavy atom. The fraction of sp³-hybridized carbons (Fsp3) is 0.565. The highest BCUT2D eigenvalue weighted by molar-refractivity contribution is 7.97. The Hall–Kier alpha value is -4.84. The number of nitrogens with zero attached hydrogens (tertiary/aromatic N) is 7. The Morgan fingerprint density at radius 2 is 1.68 bits per heavy atom. The fourth-order valence-corrected chi connectivity index (χ4v) is 9.17. The summed E-state index contributed by atoms with van der Waals surface area (Å²) >= 11 is 1.75. The summed E-state index contributed by atoms with van der Waals surface area (Å²) < 4.78 is 18.8. The molecular formula is C46H68FN11O4S. The molecule has 0 radical (unpaired) electrons. The van der Waals surface area contributed by atoms with Crippen LogP contribution in [0.5, 0.6) is 0 Å². The van der Waals surface area contributed by atoms with Gasteiger partial charge in [-0.05, 0) is 86.9 Å². The molecule has 2 aliphatic carbocycles. The number of benzene rings is 2. The van der Waals surface area contributed by atoms with Crippen LogP contribution < -0.4 is 26.6 Å². The third-order valence-corrected chi connectivity index (χ3v) is 12.8. The molecule has 6 N–H and O–H groups in total. The van der Waals surface area contributed by atoms with Crippen molar-refractivity contribution < 1.29 is 23.9 Å². The zero-order chi connectivity index (χ0) is 45.4. The lowest BCUT2D eigenvalue weighted by atomic mass is 9.98. The molecule has 344 valence electrons. The van der Waals surface area contributed by atoms with Gasteiger partial charge in [-0.1, -0.05) is 53.4 Å². The van der Waals surface area contributed by atoms with Crippen LogP contribution in [-0.2, 0) is 33.4 Å². The van der Waals surface area contributed by atoms with E-state index in [0.717, 1.165) is 97.6 Å². The van der Waals surface area contributed by atoms with Crippen LogP contribution in [0.25, 0.3) is 10.9 Å². The van der Waals surface area contributed by atoms with Crippen molar-refractivity contribution >= 4 is 64.3 Å². The third-order valence-electron chi connectivity index (χ3n) is 11.7. The summed E-state index contributed by atoms with van der Waals surface area (Å²) in [7, 11) is 1.86. The topological polar surface area (TPSA) is 187 Å². The van der Waals surface area contributed by atoms with Gasteiger partial charge in [-0.2, -0.15) is 10.1 Å². The molecule has 5 aliphatic rings. The molecule has 15 nitrogen and oxygen atoms in total. The molecule has 2 aromatic heterocycles. The van der Waals surface area contributed by atoms with Crippen LogP contribution in [0, 0.1) is 5.82 Å². The number of nitrogens with one attached hydrogen (secondary N) is 3. The van der Waals surface area contributed by atoms with Gasteiger partial charge in [-0.15, -0.1) is 0 Å². The molecule has 0 bridgehead atoms. The second kappa shape index (κ2) is 24.3. The molecule has 1 spiro atoms. The number of piperidine rings is 1. The van der Waals surface area contributed by atoms with E-state index in [1.54, 1.807) is 28.9 Å². The first-order chi connectivity index (χ1) is 30.6. The second-order valence-corrected chi connectivity index (χ2v) is 17.1. The summed E-state index contributed by atoms with van der Waals surface area (Å²) in [4.78, 5) is 47.7. The van der Waals surface area contributed by atoms with Gasteiger partial charge in [0, 0.05) is 99.1 Å². The van der Waals surface area contributed by atoms with Gasteiger partial charge in [0.2, 0.25) is 24.2 Å². The molecule has 63 heavy (non-hydrogen) atoms. The van der Waals surface area contributed by atoms with Crippen LogP contribution in [0.1, 0.15) is 109 Å². The van der Waals surface area contributed by atoms with Crippen molar-refractivity contribution in [2.45, 2.75) is 121 Å². The van der Waals surface area contributed by atoms with Crippen molar-refractivity contribution in [1.82, 2.24) is 34.3 Å². The number of fused-ring (bicyclic) bond motifs is 3. The molecule has 17 heteroatoms. The first-order valence-electron chi connectivity index (χ1n) is 22.9. The van der Waals surface area contributed by atoms with E-state index in [2.05, 4.69) is 57.3 Å². The molecule has 9 rings (SSSR count). The number of amides is 3. The van der Waals surface area contributed by atoms with Crippen LogP contribution >= 0.6 is 11.9 Å². The van der Waals surface area contributed by atoms with Gasteiger partial charge in [-0.25, -0.2) is 13.7 Å². The van der Waals surface area contributed by atoms with Crippen molar-refractivity contribution in [3.05, 3.63) is 59.5 Å². The average Bonchev–Trinajstić information content (AvgIpc) is 4.00. The first kappa shape index (κ1) is 49.2. The number of hydrogen-bond donors (Lipinski definition) is 5. The van der Waals surface area contributed by atoms with Crippen molar-refractivity contribution in [3.63, 3.8) is 0 Å². The predicted octanol–water partition coefficient (Wildman–Crippen LogP) is 7.01. The van der Waals surface area contributed by atoms with Gasteiger partial charge < -0.3 is 31.7 Å². The molecule has 4 aromatic rings. The standard InChI is InChI=1S/C28H36FN7O2S.C8H8N4O.C6H12O.2C2H6/c1-33-26-18-22(5-7-24(26)28(32-33)31-27(38)9-10-30-20-37)35-15-13-34(14-16-35)19-21-17-23(6-8-25(21)29)39-36-11-3-2-4-12-36;9-7-10-3-4-5(12-7)11-6(13)8(4)1-2-8;7-6-4-2-1-3-5-6;2*1-2/h5-8,17-18,20H,2-4,9-16,19H2,1H3,(H,30,37)(H,31,32,38);3H,1-2H2,(H3,9,10,11,12,13);6-7H,1-5H2;2*1-2H3. The second-order valence-electron chi connectivity index (χ2n) is 16.0. The summed E-state index contributed by atoms with van der Waals surface area (Å²) in [5.41, 5.74) is 8.81. The lowest BCUT2D eigenvalue weighted by molar-refractivity contribution is -0.118. The number of hydrogen-bond acceptors (Lipinski definition) is 12. The van der Waals surface area contributed by atoms with Gasteiger partial charge in [-0.3, -0.25) is 24.0 Å². The number of aliphatic hydroxyl groups excluding tert-OH is 1. The van der Waals surface area contributed by atoms with E-state index in [-0.39, 0.29) is 48.1 Å². The molecule has 3 amide bonds. The molecule has 3 aliphatic heterocycles. The van der Waals surface area contributed by atoms with Crippen molar-refractivity contribution in [2.24, 2.45) is 7.05 Å². The molecule has 0 unspecified atom stereocenters. The molecule has 5 heterocycles. The van der Waals surface area contributed by atoms with E-state index in [0.29, 0.717) is 24.6 Å². The maximum absolute atomic E-state index is 14.7. The zero-order valence-corrected chi connectivity index (χ0v) is 38.6. The smallest absolute Gasteiger partial charge is 0.236 e. The number of aryl methyl sites for hydroxylation is 1. The average molecular weight is 890 g/mol. The van der Waals surface area contributed by atoms with Gasteiger partial charge in [0.05, 0.1) is 17.0 Å². The van der Waals surface area contributed by atoms with Crippen LogP contribution in [0.3, 0.4) is 0 Å². The van der Waals surface area contributed by atoms with Gasteiger partial charge in [0.15, 0.2) is 5.82 Å². The highest BCUT2D eigenvalue weighted by Gasteiger charge is 2.57. The van der Waals surface area contributed by atoms with E-state index >= 15 is 0 Å². The molecule has 2 saturated carbocycles. The number of aliphatic hydroxyl groups is 1. The zero-order valence-electron chi connectivity index (χ0n) is 37.8. The molecule has 2 aromatic carbocycles. The van der Waals surface area contributed by atoms with E-state index in [4.69, 9.17) is 10.8 Å². The van der Waals surface area contributed by atoms with Crippen LogP contribution in [-0.4, -0.2) is 104 Å². The van der Waals surface area contributed by atoms with Crippen molar-refractivity contribution in [3.8, 4) is 0 Å². The number of nitrogen functional groups attached to an aromatic ring is 1. The van der Waals surface area contributed by atoms with Gasteiger partial charge >= 0.3 is 0 Å². The minimum Gasteiger partial charge on any atom is -0.393 e. The SMILES string of the molecule is CC.CC.Cn1nc(NC(=O)CCNC=O)c2ccc(N3CCN(Cc4cc(SN5CCCCC5)ccc4F)CC3)cc21.Nc1ncc2c(n1)NC(=O)C21CC1.OC1CCCCC1. The highest BCUT2D eigenvalue weighted by Crippen LogP contribution is 2.54. The number of carbonyl (C=O) groups is 3. The number of nitrogens with two attached hydrogens (primary N) is 1. The third kappa shape index (κ3) is 13.3. The summed E-state index contributed by atoms with van der Waals surface area (Å²) in [5, 5.41) is 22.3. The van der Waals surface area contributed by atoms with Crippen LogP contribution in [0.15, 0.2) is 47.5 Å². The minimum absolute atomic E-state index is 0.0359. The van der Waals surface area contributed by atoms with Crippen molar-refractivity contribution in [1.29, 1.82) is 0 Å². The predicted molar refractivity (Wildman–Crippen MR) is 251 cm³/mol. The molecular weight excluding hydrogens is 822 g/mol. The maximum atomic E-state index is 14.7. The highest BCUT2D eigenvalue weighted by atomic mass is 32.2.